The van der Waals surface area contributed by atoms with E-state index < -0.39 is 6.04 Å². The van der Waals surface area contributed by atoms with Crippen molar-refractivity contribution in [2.24, 2.45) is 0 Å². The summed E-state index contributed by atoms with van der Waals surface area (Å²) < 4.78 is 5.44. The van der Waals surface area contributed by atoms with Crippen molar-refractivity contribution in [3.63, 3.8) is 0 Å². The zero-order valence-corrected chi connectivity index (χ0v) is 18.0. The van der Waals surface area contributed by atoms with E-state index in [0.717, 1.165) is 11.1 Å². The maximum absolute atomic E-state index is 13.4. The molecule has 8 nitrogen and oxygen atoms in total. The van der Waals surface area contributed by atoms with Crippen LogP contribution in [0.25, 0.3) is 11.1 Å². The molecule has 3 amide bonds. The molecule has 0 aliphatic carbocycles. The van der Waals surface area contributed by atoms with Gasteiger partial charge in [0.15, 0.2) is 0 Å². The van der Waals surface area contributed by atoms with Gasteiger partial charge in [-0.25, -0.2) is 0 Å². The average Bonchev–Trinajstić information content (AvgIpc) is 3.13. The van der Waals surface area contributed by atoms with Crippen molar-refractivity contribution in [2.45, 2.75) is 18.5 Å². The Hall–Kier alpha value is -3.10. The first-order chi connectivity index (χ1) is 14.9. The molecule has 0 bridgehead atoms. The molecule has 162 valence electrons. The smallest absolute Gasteiger partial charge is 0.256 e. The van der Waals surface area contributed by atoms with Gasteiger partial charge >= 0.3 is 0 Å². The fourth-order valence-electron chi connectivity index (χ4n) is 4.13. The summed E-state index contributed by atoms with van der Waals surface area (Å²) in [6.45, 7) is 0.450. The first-order valence-corrected chi connectivity index (χ1v) is 10.3. The van der Waals surface area contributed by atoms with Gasteiger partial charge in [-0.05, 0) is 49.4 Å². The maximum atomic E-state index is 13.4. The predicted molar refractivity (Wildman–Crippen MR) is 117 cm³/mol. The van der Waals surface area contributed by atoms with Crippen LogP contribution in [-0.4, -0.2) is 62.0 Å². The Labute approximate surface area is 184 Å². The average molecular weight is 443 g/mol. The second-order valence-corrected chi connectivity index (χ2v) is 8.03. The number of fused-ring (bicyclic) bond motifs is 2. The van der Waals surface area contributed by atoms with E-state index in [1.165, 1.54) is 4.90 Å². The van der Waals surface area contributed by atoms with E-state index in [2.05, 4.69) is 16.0 Å². The number of nitrogens with zero attached hydrogens (tertiary/aromatic N) is 1. The number of anilines is 1. The number of nitrogens with one attached hydrogen (secondary N) is 3. The van der Waals surface area contributed by atoms with Crippen molar-refractivity contribution in [1.82, 2.24) is 15.5 Å². The van der Waals surface area contributed by atoms with Crippen LogP contribution in [0.15, 0.2) is 36.4 Å². The third-order valence-electron chi connectivity index (χ3n) is 5.55. The molecule has 3 N–H and O–H groups in total. The molecule has 2 aliphatic rings. The molecule has 2 aromatic rings. The number of amides is 3. The van der Waals surface area contributed by atoms with Crippen molar-refractivity contribution in [2.75, 3.05) is 32.6 Å². The van der Waals surface area contributed by atoms with Gasteiger partial charge in [0.2, 0.25) is 11.8 Å². The summed E-state index contributed by atoms with van der Waals surface area (Å²) in [5.41, 5.74) is 2.34. The zero-order chi connectivity index (χ0) is 22.1. The highest BCUT2D eigenvalue weighted by Crippen LogP contribution is 2.36. The number of hydrogen-bond acceptors (Lipinski definition) is 5. The summed E-state index contributed by atoms with van der Waals surface area (Å²) >= 11 is 6.17. The van der Waals surface area contributed by atoms with E-state index in [1.807, 2.05) is 6.07 Å². The Morgan fingerprint density at radius 2 is 2.03 bits per heavy atom. The molecule has 2 aromatic carbocycles. The molecule has 2 atom stereocenters. The third-order valence-corrected chi connectivity index (χ3v) is 5.78. The molecular weight excluding hydrogens is 420 g/mol. The van der Waals surface area contributed by atoms with Crippen LogP contribution in [0.1, 0.15) is 16.8 Å². The number of carbonyl (C=O) groups is 3. The minimum Gasteiger partial charge on any atom is -0.496 e. The Morgan fingerprint density at radius 1 is 1.23 bits per heavy atom. The van der Waals surface area contributed by atoms with E-state index in [1.54, 1.807) is 44.5 Å². The maximum Gasteiger partial charge on any atom is 0.256 e. The van der Waals surface area contributed by atoms with Crippen molar-refractivity contribution >= 4 is 35.0 Å². The highest BCUT2D eigenvalue weighted by atomic mass is 35.5. The fraction of sp³-hybridized carbons (Fsp3) is 0.318. The number of hydrogen-bond donors (Lipinski definition) is 3. The minimum absolute atomic E-state index is 0.172. The van der Waals surface area contributed by atoms with E-state index >= 15 is 0 Å². The van der Waals surface area contributed by atoms with Gasteiger partial charge in [0, 0.05) is 23.2 Å². The Bertz CT molecular complexity index is 1060. The van der Waals surface area contributed by atoms with Crippen LogP contribution in [0.2, 0.25) is 5.02 Å². The number of carbonyl (C=O) groups excluding carboxylic acids is 3. The number of halogens is 1. The van der Waals surface area contributed by atoms with Crippen LogP contribution in [0.3, 0.4) is 0 Å². The van der Waals surface area contributed by atoms with Crippen molar-refractivity contribution in [1.29, 1.82) is 0 Å². The first-order valence-electron chi connectivity index (χ1n) is 9.95. The Balaban J connectivity index is 1.66. The standard InChI is InChI=1S/C22H23ClN4O4/c1-24-10-20(28)25-14-9-18-21(29)26-17-5-3-12(7-16(17)22(30)27(18)11-14)15-8-13(23)4-6-19(15)31-2/h3-8,14,18,24H,9-11H2,1-2H3,(H,25,28)(H,26,29)/t14-,18-/m0/s1. The molecule has 1 saturated heterocycles. The van der Waals surface area contributed by atoms with Gasteiger partial charge in [0.05, 0.1) is 24.9 Å². The summed E-state index contributed by atoms with van der Waals surface area (Å²) in [7, 11) is 3.25. The molecule has 31 heavy (non-hydrogen) atoms. The van der Waals surface area contributed by atoms with Gasteiger partial charge in [-0.3, -0.25) is 14.4 Å². The summed E-state index contributed by atoms with van der Waals surface area (Å²) in [6, 6.07) is 9.63. The lowest BCUT2D eigenvalue weighted by molar-refractivity contribution is -0.121. The van der Waals surface area contributed by atoms with E-state index in [9.17, 15) is 14.4 Å². The number of ether oxygens (including phenoxy) is 1. The van der Waals surface area contributed by atoms with Gasteiger partial charge < -0.3 is 25.6 Å². The van der Waals surface area contributed by atoms with Gasteiger partial charge in [-0.15, -0.1) is 0 Å². The SMILES string of the molecule is CNCC(=O)N[C@H]1C[C@H]2C(=O)Nc3ccc(-c4cc(Cl)ccc4OC)cc3C(=O)N2C1. The lowest BCUT2D eigenvalue weighted by Gasteiger charge is -2.20. The quantitative estimate of drug-likeness (QED) is 0.656. The summed E-state index contributed by atoms with van der Waals surface area (Å²) in [5, 5.41) is 9.07. The predicted octanol–water partition coefficient (Wildman–Crippen LogP) is 1.89. The van der Waals surface area contributed by atoms with Crippen LogP contribution in [0.4, 0.5) is 5.69 Å². The van der Waals surface area contributed by atoms with Crippen molar-refractivity contribution < 1.29 is 19.1 Å². The monoisotopic (exact) mass is 442 g/mol. The normalized spacial score (nSPS) is 19.9. The lowest BCUT2D eigenvalue weighted by Crippen LogP contribution is -2.42. The summed E-state index contributed by atoms with van der Waals surface area (Å²) in [4.78, 5) is 39.6. The molecule has 4 rings (SSSR count). The zero-order valence-electron chi connectivity index (χ0n) is 17.2. The van der Waals surface area contributed by atoms with Crippen LogP contribution in [-0.2, 0) is 9.59 Å². The van der Waals surface area contributed by atoms with E-state index in [-0.39, 0.29) is 36.9 Å². The molecule has 2 aliphatic heterocycles. The lowest BCUT2D eigenvalue weighted by atomic mass is 10.0. The third kappa shape index (κ3) is 4.08. The number of benzene rings is 2. The Morgan fingerprint density at radius 3 is 2.77 bits per heavy atom. The highest BCUT2D eigenvalue weighted by Gasteiger charge is 2.43. The van der Waals surface area contributed by atoms with E-state index in [0.29, 0.717) is 28.4 Å². The molecule has 0 spiro atoms. The molecular formula is C22H23ClN4O4. The molecule has 0 saturated carbocycles. The molecule has 1 fully saturated rings. The first kappa shape index (κ1) is 21.1. The highest BCUT2D eigenvalue weighted by molar-refractivity contribution is 6.31. The van der Waals surface area contributed by atoms with Gasteiger partial charge in [0.25, 0.3) is 5.91 Å². The molecule has 0 radical (unpaired) electrons. The second-order valence-electron chi connectivity index (χ2n) is 7.60. The summed E-state index contributed by atoms with van der Waals surface area (Å²) in [5.74, 6) is -0.0633. The van der Waals surface area contributed by atoms with E-state index in [4.69, 9.17) is 16.3 Å². The Kier molecular flexibility index (Phi) is 5.84. The topological polar surface area (TPSA) is 99.8 Å². The van der Waals surface area contributed by atoms with Gasteiger partial charge in [0.1, 0.15) is 11.8 Å². The fourth-order valence-corrected chi connectivity index (χ4v) is 4.30. The largest absolute Gasteiger partial charge is 0.496 e. The van der Waals surface area contributed by atoms with Crippen LogP contribution in [0.5, 0.6) is 5.75 Å². The molecule has 0 aromatic heterocycles. The van der Waals surface area contributed by atoms with Gasteiger partial charge in [-0.2, -0.15) is 0 Å². The minimum atomic E-state index is -0.635. The molecule has 9 heteroatoms. The number of rotatable bonds is 5. The van der Waals surface area contributed by atoms with Crippen LogP contribution in [0, 0.1) is 0 Å². The molecule has 0 unspecified atom stereocenters. The van der Waals surface area contributed by atoms with Crippen molar-refractivity contribution in [3.05, 3.63) is 47.0 Å². The molecule has 2 heterocycles. The number of methoxy groups -OCH3 is 1. The number of likely N-dealkylation sites (N-methyl/N-ethyl adjacent to an activating group) is 1. The van der Waals surface area contributed by atoms with Crippen LogP contribution >= 0.6 is 11.6 Å². The summed E-state index contributed by atoms with van der Waals surface area (Å²) in [6.07, 6.45) is 0.371. The van der Waals surface area contributed by atoms with Crippen LogP contribution < -0.4 is 20.7 Å². The van der Waals surface area contributed by atoms with Crippen molar-refractivity contribution in [3.8, 4) is 16.9 Å². The van der Waals surface area contributed by atoms with Gasteiger partial charge in [-0.1, -0.05) is 17.7 Å². The second kappa shape index (κ2) is 8.56.